The molecule has 0 spiro atoms. The molecule has 1 aliphatic heterocycles. The van der Waals surface area contributed by atoms with E-state index in [1.54, 1.807) is 0 Å². The normalized spacial score (nSPS) is 24.6. The van der Waals surface area contributed by atoms with E-state index in [0.717, 1.165) is 6.42 Å². The number of likely N-dealkylation sites (tertiary alicyclic amines) is 1. The summed E-state index contributed by atoms with van der Waals surface area (Å²) < 4.78 is 39.5. The first-order valence-corrected chi connectivity index (χ1v) is 7.14. The second-order valence-corrected chi connectivity index (χ2v) is 5.69. The molecule has 1 heterocycles. The number of carboxylic acids is 1. The highest BCUT2D eigenvalue weighted by molar-refractivity contribution is 6.05. The summed E-state index contributed by atoms with van der Waals surface area (Å²) in [4.78, 5) is 34.4. The Morgan fingerprint density at radius 3 is 2.27 bits per heavy atom. The highest BCUT2D eigenvalue weighted by Crippen LogP contribution is 2.35. The van der Waals surface area contributed by atoms with Gasteiger partial charge < -0.3 is 10.4 Å². The molecule has 0 bridgehead atoms. The molecular formula is C13H17F3N2O4. The third-order valence-corrected chi connectivity index (χ3v) is 4.21. The van der Waals surface area contributed by atoms with E-state index in [1.807, 2.05) is 5.32 Å². The average molecular weight is 322 g/mol. The predicted molar refractivity (Wildman–Crippen MR) is 67.8 cm³/mol. The Kier molecular flexibility index (Phi) is 4.62. The van der Waals surface area contributed by atoms with Gasteiger partial charge in [-0.15, -0.1) is 0 Å². The summed E-state index contributed by atoms with van der Waals surface area (Å²) in [5.74, 6) is -2.93. The van der Waals surface area contributed by atoms with Gasteiger partial charge in [0.15, 0.2) is 0 Å². The molecule has 2 fully saturated rings. The molecule has 1 unspecified atom stereocenters. The number of hydrogen-bond donors (Lipinski definition) is 2. The van der Waals surface area contributed by atoms with Crippen molar-refractivity contribution in [1.82, 2.24) is 10.2 Å². The number of β-lactam (4-membered cyclic amide) rings is 1. The Labute approximate surface area is 124 Å². The quantitative estimate of drug-likeness (QED) is 0.777. The van der Waals surface area contributed by atoms with Crippen LogP contribution in [-0.2, 0) is 9.59 Å². The Morgan fingerprint density at radius 1 is 1.23 bits per heavy atom. The third kappa shape index (κ3) is 3.33. The van der Waals surface area contributed by atoms with Crippen molar-refractivity contribution in [1.29, 1.82) is 0 Å². The molecule has 1 aliphatic carbocycles. The van der Waals surface area contributed by atoms with Gasteiger partial charge in [-0.3, -0.25) is 4.79 Å². The van der Waals surface area contributed by atoms with E-state index in [-0.39, 0.29) is 6.42 Å². The summed E-state index contributed by atoms with van der Waals surface area (Å²) in [6.45, 7) is 0. The van der Waals surface area contributed by atoms with Crippen molar-refractivity contribution in [3.05, 3.63) is 0 Å². The standard InChI is InChI=1S/C13H17F3N2O4/c14-13(15,16)10(7-4-2-1-3-5-7)17-12(22)18-8(11(20)21)6-9(18)19/h7-8,10H,1-6H2,(H,17,22)(H,20,21)/t8-,10?/m0/s1. The fourth-order valence-electron chi connectivity index (χ4n) is 3.01. The number of aliphatic carboxylic acids is 1. The van der Waals surface area contributed by atoms with Crippen LogP contribution in [0.15, 0.2) is 0 Å². The van der Waals surface area contributed by atoms with Crippen LogP contribution < -0.4 is 5.32 Å². The molecule has 1 saturated heterocycles. The lowest BCUT2D eigenvalue weighted by molar-refractivity contribution is -0.170. The number of nitrogens with zero attached hydrogens (tertiary/aromatic N) is 1. The number of amides is 3. The second-order valence-electron chi connectivity index (χ2n) is 5.69. The molecule has 0 aromatic heterocycles. The minimum atomic E-state index is -4.63. The zero-order valence-electron chi connectivity index (χ0n) is 11.7. The van der Waals surface area contributed by atoms with E-state index in [2.05, 4.69) is 0 Å². The molecule has 1 saturated carbocycles. The molecule has 0 aromatic rings. The number of urea groups is 1. The van der Waals surface area contributed by atoms with Crippen molar-refractivity contribution in [3.63, 3.8) is 0 Å². The van der Waals surface area contributed by atoms with E-state index in [4.69, 9.17) is 5.11 Å². The number of hydrogen-bond acceptors (Lipinski definition) is 3. The number of rotatable bonds is 3. The lowest BCUT2D eigenvalue weighted by Crippen LogP contribution is -2.64. The molecule has 0 aromatic carbocycles. The van der Waals surface area contributed by atoms with Gasteiger partial charge >= 0.3 is 18.2 Å². The number of alkyl halides is 3. The van der Waals surface area contributed by atoms with Crippen LogP contribution in [0.5, 0.6) is 0 Å². The lowest BCUT2D eigenvalue weighted by atomic mass is 9.83. The van der Waals surface area contributed by atoms with E-state index in [0.29, 0.717) is 30.6 Å². The van der Waals surface area contributed by atoms with Crippen LogP contribution in [-0.4, -0.2) is 46.2 Å². The van der Waals surface area contributed by atoms with Gasteiger partial charge in [0, 0.05) is 0 Å². The van der Waals surface area contributed by atoms with E-state index >= 15 is 0 Å². The summed E-state index contributed by atoms with van der Waals surface area (Å²) in [5.41, 5.74) is 0. The lowest BCUT2D eigenvalue weighted by Gasteiger charge is -2.38. The van der Waals surface area contributed by atoms with Crippen LogP contribution in [0.4, 0.5) is 18.0 Å². The Bertz CT molecular complexity index is 474. The first-order chi connectivity index (χ1) is 10.2. The SMILES string of the molecule is O=C(O)[C@@H]1CC(=O)N1C(=O)NC(C1CCCCC1)C(F)(F)F. The van der Waals surface area contributed by atoms with Crippen molar-refractivity contribution in [2.24, 2.45) is 5.92 Å². The van der Waals surface area contributed by atoms with Gasteiger partial charge in [-0.25, -0.2) is 14.5 Å². The zero-order chi connectivity index (χ0) is 16.5. The van der Waals surface area contributed by atoms with Gasteiger partial charge in [0.2, 0.25) is 5.91 Å². The number of halogens is 3. The molecule has 22 heavy (non-hydrogen) atoms. The highest BCUT2D eigenvalue weighted by Gasteiger charge is 2.50. The monoisotopic (exact) mass is 322 g/mol. The van der Waals surface area contributed by atoms with Crippen LogP contribution in [0.2, 0.25) is 0 Å². The smallest absolute Gasteiger partial charge is 0.408 e. The first-order valence-electron chi connectivity index (χ1n) is 7.14. The fraction of sp³-hybridized carbons (Fsp3) is 0.769. The largest absolute Gasteiger partial charge is 0.480 e. The second kappa shape index (κ2) is 6.13. The molecular weight excluding hydrogens is 305 g/mol. The maximum absolute atomic E-state index is 13.2. The fourth-order valence-corrected chi connectivity index (χ4v) is 3.01. The summed E-state index contributed by atoms with van der Waals surface area (Å²) in [5, 5.41) is 10.6. The summed E-state index contributed by atoms with van der Waals surface area (Å²) in [7, 11) is 0. The van der Waals surface area contributed by atoms with Crippen LogP contribution in [0.1, 0.15) is 38.5 Å². The van der Waals surface area contributed by atoms with Gasteiger partial charge in [0.05, 0.1) is 6.42 Å². The molecule has 2 aliphatic rings. The van der Waals surface area contributed by atoms with E-state index in [9.17, 15) is 27.6 Å². The van der Waals surface area contributed by atoms with Crippen LogP contribution in [0.25, 0.3) is 0 Å². The van der Waals surface area contributed by atoms with Gasteiger partial charge in [-0.05, 0) is 18.8 Å². The van der Waals surface area contributed by atoms with Crippen molar-refractivity contribution in [2.75, 3.05) is 0 Å². The van der Waals surface area contributed by atoms with Gasteiger partial charge in [-0.2, -0.15) is 13.2 Å². The first kappa shape index (κ1) is 16.6. The Morgan fingerprint density at radius 2 is 1.82 bits per heavy atom. The van der Waals surface area contributed by atoms with Crippen LogP contribution in [0, 0.1) is 5.92 Å². The molecule has 2 atom stereocenters. The van der Waals surface area contributed by atoms with Crippen LogP contribution in [0.3, 0.4) is 0 Å². The maximum atomic E-state index is 13.2. The van der Waals surface area contributed by atoms with Gasteiger partial charge in [0.1, 0.15) is 12.1 Å². The summed E-state index contributed by atoms with van der Waals surface area (Å²) >= 11 is 0. The number of carbonyl (C=O) groups is 3. The number of nitrogens with one attached hydrogen (secondary N) is 1. The van der Waals surface area contributed by atoms with Gasteiger partial charge in [-0.1, -0.05) is 19.3 Å². The van der Waals surface area contributed by atoms with E-state index < -0.39 is 42.1 Å². The minimum Gasteiger partial charge on any atom is -0.480 e. The molecule has 3 amide bonds. The Balaban J connectivity index is 2.08. The topological polar surface area (TPSA) is 86.7 Å². The number of imide groups is 1. The molecule has 2 N–H and O–H groups in total. The molecule has 0 radical (unpaired) electrons. The molecule has 6 nitrogen and oxygen atoms in total. The minimum absolute atomic E-state index is 0.348. The highest BCUT2D eigenvalue weighted by atomic mass is 19.4. The molecule has 2 rings (SSSR count). The average Bonchev–Trinajstić information content (AvgIpc) is 2.41. The predicted octanol–water partition coefficient (Wildman–Crippen LogP) is 1.89. The van der Waals surface area contributed by atoms with Crippen LogP contribution >= 0.6 is 0 Å². The zero-order valence-corrected chi connectivity index (χ0v) is 11.7. The van der Waals surface area contributed by atoms with Crippen molar-refractivity contribution in [2.45, 2.75) is 56.8 Å². The number of carbonyl (C=O) groups excluding carboxylic acids is 2. The summed E-state index contributed by atoms with van der Waals surface area (Å²) in [6.07, 6.45) is -2.13. The van der Waals surface area contributed by atoms with Gasteiger partial charge in [0.25, 0.3) is 0 Å². The number of carboxylic acid groups (broad SMARTS) is 1. The maximum Gasteiger partial charge on any atom is 0.408 e. The molecule has 124 valence electrons. The van der Waals surface area contributed by atoms with Crippen molar-refractivity contribution in [3.8, 4) is 0 Å². The summed E-state index contributed by atoms with van der Waals surface area (Å²) in [6, 6.07) is -4.72. The van der Waals surface area contributed by atoms with E-state index in [1.165, 1.54) is 0 Å². The Hall–Kier alpha value is -1.80. The third-order valence-electron chi connectivity index (χ3n) is 4.21. The van der Waals surface area contributed by atoms with Crippen molar-refractivity contribution >= 4 is 17.9 Å². The molecule has 9 heteroatoms. The van der Waals surface area contributed by atoms with Crippen molar-refractivity contribution < 1.29 is 32.7 Å².